The topological polar surface area (TPSA) is 78.5 Å². The Morgan fingerprint density at radius 3 is 2.63 bits per heavy atom. The number of aromatic amines is 1. The van der Waals surface area contributed by atoms with Gasteiger partial charge < -0.3 is 10.6 Å². The molecule has 0 amide bonds. The first-order valence-electron chi connectivity index (χ1n) is 6.24. The van der Waals surface area contributed by atoms with E-state index in [1.54, 1.807) is 12.4 Å². The van der Waals surface area contributed by atoms with Crippen molar-refractivity contribution in [3.05, 3.63) is 22.6 Å². The fourth-order valence-corrected chi connectivity index (χ4v) is 1.65. The molecule has 0 unspecified atom stereocenters. The van der Waals surface area contributed by atoms with E-state index in [0.29, 0.717) is 5.95 Å². The summed E-state index contributed by atoms with van der Waals surface area (Å²) in [7, 11) is 0. The lowest BCUT2D eigenvalue weighted by molar-refractivity contribution is 1.05. The Morgan fingerprint density at radius 2 is 2.05 bits per heavy atom. The van der Waals surface area contributed by atoms with Crippen molar-refractivity contribution >= 4 is 33.4 Å². The third kappa shape index (κ3) is 4.20. The van der Waals surface area contributed by atoms with Crippen LogP contribution in [0, 0.1) is 6.92 Å². The lowest BCUT2D eigenvalue weighted by Gasteiger charge is -2.08. The molecule has 0 aliphatic heterocycles. The van der Waals surface area contributed by atoms with E-state index in [1.165, 1.54) is 0 Å². The van der Waals surface area contributed by atoms with E-state index in [2.05, 4.69) is 46.7 Å². The summed E-state index contributed by atoms with van der Waals surface area (Å²) in [4.78, 5) is 8.54. The van der Waals surface area contributed by atoms with Gasteiger partial charge in [0.2, 0.25) is 5.95 Å². The van der Waals surface area contributed by atoms with Gasteiger partial charge in [0, 0.05) is 12.7 Å². The number of aromatic nitrogens is 4. The van der Waals surface area contributed by atoms with Crippen molar-refractivity contribution in [1.29, 1.82) is 0 Å². The van der Waals surface area contributed by atoms with Gasteiger partial charge in [0.25, 0.3) is 0 Å². The van der Waals surface area contributed by atoms with Crippen LogP contribution in [0.25, 0.3) is 0 Å². The zero-order valence-corrected chi connectivity index (χ0v) is 13.2. The molecule has 0 fully saturated rings. The Kier molecular flexibility index (Phi) is 6.27. The molecule has 0 atom stereocenters. The van der Waals surface area contributed by atoms with E-state index in [-0.39, 0.29) is 0 Å². The van der Waals surface area contributed by atoms with E-state index in [1.807, 2.05) is 27.7 Å². The fourth-order valence-electron chi connectivity index (χ4n) is 1.32. The van der Waals surface area contributed by atoms with E-state index in [9.17, 15) is 0 Å². The van der Waals surface area contributed by atoms with Crippen molar-refractivity contribution in [3.63, 3.8) is 0 Å². The molecule has 0 aliphatic carbocycles. The summed E-state index contributed by atoms with van der Waals surface area (Å²) in [5.74, 6) is 1.31. The molecule has 0 saturated heterocycles. The van der Waals surface area contributed by atoms with Gasteiger partial charge in [-0.1, -0.05) is 13.8 Å². The number of hydrogen-bond donors (Lipinski definition) is 3. The van der Waals surface area contributed by atoms with E-state index >= 15 is 0 Å². The average Bonchev–Trinajstić information content (AvgIpc) is 2.82. The number of nitrogens with zero attached hydrogens (tertiary/aromatic N) is 3. The predicted molar refractivity (Wildman–Crippen MR) is 81.9 cm³/mol. The Bertz CT molecular complexity index is 511. The van der Waals surface area contributed by atoms with Gasteiger partial charge in [0.05, 0.1) is 22.1 Å². The largest absolute Gasteiger partial charge is 0.369 e. The minimum Gasteiger partial charge on any atom is -0.369 e. The first kappa shape index (κ1) is 15.4. The molecule has 0 spiro atoms. The minimum absolute atomic E-state index is 0.536. The van der Waals surface area contributed by atoms with E-state index < -0.39 is 0 Å². The van der Waals surface area contributed by atoms with Crippen molar-refractivity contribution in [2.24, 2.45) is 0 Å². The molecule has 3 N–H and O–H groups in total. The van der Waals surface area contributed by atoms with Crippen LogP contribution in [0.3, 0.4) is 0 Å². The maximum Gasteiger partial charge on any atom is 0.229 e. The van der Waals surface area contributed by atoms with Gasteiger partial charge in [-0.3, -0.25) is 5.10 Å². The minimum atomic E-state index is 0.536. The van der Waals surface area contributed by atoms with Gasteiger partial charge in [0.15, 0.2) is 0 Å². The number of anilines is 3. The van der Waals surface area contributed by atoms with Gasteiger partial charge in [-0.2, -0.15) is 10.1 Å². The van der Waals surface area contributed by atoms with Crippen molar-refractivity contribution in [3.8, 4) is 0 Å². The van der Waals surface area contributed by atoms with Crippen LogP contribution in [0.1, 0.15) is 26.5 Å². The van der Waals surface area contributed by atoms with E-state index in [4.69, 9.17) is 0 Å². The van der Waals surface area contributed by atoms with Crippen LogP contribution in [-0.2, 0) is 0 Å². The monoisotopic (exact) mass is 326 g/mol. The van der Waals surface area contributed by atoms with E-state index in [0.717, 1.165) is 28.2 Å². The summed E-state index contributed by atoms with van der Waals surface area (Å²) < 4.78 is 0.841. The summed E-state index contributed by atoms with van der Waals surface area (Å²) >= 11 is 3.39. The Labute approximate surface area is 121 Å². The smallest absolute Gasteiger partial charge is 0.229 e. The third-order valence-corrected chi connectivity index (χ3v) is 2.75. The molecule has 104 valence electrons. The number of H-pyrrole nitrogens is 1. The highest BCUT2D eigenvalue weighted by Crippen LogP contribution is 2.22. The molecule has 7 heteroatoms. The zero-order chi connectivity index (χ0) is 14.3. The molecule has 19 heavy (non-hydrogen) atoms. The average molecular weight is 327 g/mol. The van der Waals surface area contributed by atoms with Gasteiger partial charge in [0.1, 0.15) is 5.82 Å². The summed E-state index contributed by atoms with van der Waals surface area (Å²) in [5, 5.41) is 13.0. The molecule has 2 heterocycles. The molecule has 0 radical (unpaired) electrons. The summed E-state index contributed by atoms with van der Waals surface area (Å²) in [5.41, 5.74) is 1.82. The molecular weight excluding hydrogens is 308 g/mol. The van der Waals surface area contributed by atoms with Crippen molar-refractivity contribution in [2.45, 2.75) is 27.7 Å². The first-order valence-corrected chi connectivity index (χ1v) is 7.03. The predicted octanol–water partition coefficient (Wildman–Crippen LogP) is 3.47. The van der Waals surface area contributed by atoms with Crippen molar-refractivity contribution in [2.75, 3.05) is 17.2 Å². The number of nitrogens with one attached hydrogen (secondary N) is 3. The quantitative estimate of drug-likeness (QED) is 0.801. The summed E-state index contributed by atoms with van der Waals surface area (Å²) in [6.45, 7) is 8.75. The van der Waals surface area contributed by atoms with Crippen LogP contribution in [-0.4, -0.2) is 26.7 Å². The Morgan fingerprint density at radius 1 is 1.32 bits per heavy atom. The SMILES string of the molecule is CC.CCNc1nc(Nc2cn[nH]c2C)ncc1Br. The summed E-state index contributed by atoms with van der Waals surface area (Å²) in [6.07, 6.45) is 3.41. The third-order valence-electron chi connectivity index (χ3n) is 2.16. The van der Waals surface area contributed by atoms with Crippen LogP contribution in [0.2, 0.25) is 0 Å². The van der Waals surface area contributed by atoms with Crippen molar-refractivity contribution < 1.29 is 0 Å². The number of aryl methyl sites for hydroxylation is 1. The lowest BCUT2D eigenvalue weighted by atomic mass is 10.4. The van der Waals surface area contributed by atoms with Gasteiger partial charge >= 0.3 is 0 Å². The van der Waals surface area contributed by atoms with Crippen LogP contribution in [0.5, 0.6) is 0 Å². The second-order valence-electron chi connectivity index (χ2n) is 3.45. The second-order valence-corrected chi connectivity index (χ2v) is 4.31. The molecule has 2 aromatic heterocycles. The molecule has 0 bridgehead atoms. The molecule has 2 rings (SSSR count). The number of halogens is 1. The van der Waals surface area contributed by atoms with Crippen molar-refractivity contribution in [1.82, 2.24) is 20.2 Å². The molecule has 2 aromatic rings. The van der Waals surface area contributed by atoms with Crippen LogP contribution in [0.15, 0.2) is 16.9 Å². The van der Waals surface area contributed by atoms with Crippen LogP contribution >= 0.6 is 15.9 Å². The second kappa shape index (κ2) is 7.73. The number of hydrogen-bond acceptors (Lipinski definition) is 5. The van der Waals surface area contributed by atoms with Crippen LogP contribution < -0.4 is 10.6 Å². The van der Waals surface area contributed by atoms with Gasteiger partial charge in [-0.15, -0.1) is 0 Å². The van der Waals surface area contributed by atoms with Gasteiger partial charge in [-0.05, 0) is 29.8 Å². The highest BCUT2D eigenvalue weighted by molar-refractivity contribution is 9.10. The maximum atomic E-state index is 4.36. The standard InChI is InChI=1S/C10H13BrN6.C2H6/c1-3-12-9-7(11)4-13-10(16-9)15-8-5-14-17-6(8)2;1-2/h4-5H,3H2,1-2H3,(H,14,17)(H2,12,13,15,16);1-2H3. The van der Waals surface area contributed by atoms with Gasteiger partial charge in [-0.25, -0.2) is 4.98 Å². The molecule has 0 saturated carbocycles. The molecular formula is C12H19BrN6. The highest BCUT2D eigenvalue weighted by Gasteiger charge is 2.06. The number of rotatable bonds is 4. The normalized spacial score (nSPS) is 9.53. The Hall–Kier alpha value is -1.63. The summed E-state index contributed by atoms with van der Waals surface area (Å²) in [6, 6.07) is 0. The highest BCUT2D eigenvalue weighted by atomic mass is 79.9. The zero-order valence-electron chi connectivity index (χ0n) is 11.6. The first-order chi connectivity index (χ1) is 9.20. The fraction of sp³-hybridized carbons (Fsp3) is 0.417. The molecule has 0 aromatic carbocycles. The van der Waals surface area contributed by atoms with Crippen LogP contribution in [0.4, 0.5) is 17.5 Å². The molecule has 0 aliphatic rings. The lowest BCUT2D eigenvalue weighted by Crippen LogP contribution is -2.04. The molecule has 6 nitrogen and oxygen atoms in total. The maximum absolute atomic E-state index is 4.36. The Balaban J connectivity index is 0.000000861.